The second-order valence-corrected chi connectivity index (χ2v) is 2.14. The molecule has 0 fully saturated rings. The van der Waals surface area contributed by atoms with Gasteiger partial charge in [0.25, 0.3) is 6.43 Å². The third-order valence-corrected chi connectivity index (χ3v) is 1.36. The summed E-state index contributed by atoms with van der Waals surface area (Å²) < 4.78 is 23.9. The minimum absolute atomic E-state index is 0.271. The summed E-state index contributed by atoms with van der Waals surface area (Å²) >= 11 is 0. The van der Waals surface area contributed by atoms with Gasteiger partial charge in [-0.2, -0.15) is 5.26 Å². The van der Waals surface area contributed by atoms with Gasteiger partial charge in [-0.05, 0) is 6.08 Å². The fraction of sp³-hybridized carbons (Fsp3) is 0.429. The Morgan fingerprint density at radius 1 is 1.64 bits per heavy atom. The molecule has 0 aliphatic carbocycles. The summed E-state index contributed by atoms with van der Waals surface area (Å²) in [5, 5.41) is 8.37. The molecular weight excluding hydrogens is 150 g/mol. The number of hydrogen-bond acceptors (Lipinski definition) is 2. The van der Waals surface area contributed by atoms with Crippen LogP contribution >= 0.6 is 0 Å². The molecule has 0 unspecified atom stereocenters. The van der Waals surface area contributed by atoms with E-state index in [0.29, 0.717) is 18.5 Å². The highest BCUT2D eigenvalue weighted by Gasteiger charge is 2.14. The minimum Gasteiger partial charge on any atom is -0.283 e. The maximum Gasteiger partial charge on any atom is 0.279 e. The van der Waals surface area contributed by atoms with Crippen LogP contribution in [0.3, 0.4) is 0 Å². The topological polar surface area (TPSA) is 36.1 Å². The molecule has 0 aromatic carbocycles. The number of aliphatic imine (C=N–C) groups is 1. The lowest BCUT2D eigenvalue weighted by Crippen LogP contribution is -2.12. The van der Waals surface area contributed by atoms with Crippen molar-refractivity contribution < 1.29 is 8.78 Å². The standard InChI is InChI=1S/C7H6F2N2/c8-7(9)6-3-5(4-10)1-2-11-6/h3,7H,1-2H2. The van der Waals surface area contributed by atoms with Crippen LogP contribution in [0.1, 0.15) is 6.42 Å². The van der Waals surface area contributed by atoms with Gasteiger partial charge < -0.3 is 0 Å². The first-order valence-electron chi connectivity index (χ1n) is 3.17. The molecule has 11 heavy (non-hydrogen) atoms. The van der Waals surface area contributed by atoms with Crippen molar-refractivity contribution in [3.05, 3.63) is 11.6 Å². The van der Waals surface area contributed by atoms with Crippen molar-refractivity contribution in [2.75, 3.05) is 6.54 Å². The number of hydrogen-bond donors (Lipinski definition) is 0. The van der Waals surface area contributed by atoms with E-state index >= 15 is 0 Å². The molecule has 0 bridgehead atoms. The molecule has 0 saturated carbocycles. The van der Waals surface area contributed by atoms with Gasteiger partial charge in [0.15, 0.2) is 0 Å². The normalized spacial score (nSPS) is 17.3. The van der Waals surface area contributed by atoms with E-state index in [4.69, 9.17) is 5.26 Å². The maximum absolute atomic E-state index is 11.9. The summed E-state index contributed by atoms with van der Waals surface area (Å²) in [5.74, 6) is 0. The summed E-state index contributed by atoms with van der Waals surface area (Å²) in [7, 11) is 0. The Balaban J connectivity index is 2.78. The van der Waals surface area contributed by atoms with E-state index in [9.17, 15) is 8.78 Å². The van der Waals surface area contributed by atoms with Crippen LogP contribution in [0.25, 0.3) is 0 Å². The zero-order valence-electron chi connectivity index (χ0n) is 5.72. The summed E-state index contributed by atoms with van der Waals surface area (Å²) in [6, 6.07) is 1.84. The largest absolute Gasteiger partial charge is 0.283 e. The molecule has 0 aromatic rings. The zero-order chi connectivity index (χ0) is 8.27. The molecule has 0 aromatic heterocycles. The van der Waals surface area contributed by atoms with Gasteiger partial charge in [0.2, 0.25) is 0 Å². The predicted octanol–water partition coefficient (Wildman–Crippen LogP) is 1.55. The first-order valence-corrected chi connectivity index (χ1v) is 3.17. The van der Waals surface area contributed by atoms with Crippen molar-refractivity contribution in [3.8, 4) is 6.07 Å². The molecule has 0 amide bonds. The Morgan fingerprint density at radius 3 is 2.91 bits per heavy atom. The highest BCUT2D eigenvalue weighted by atomic mass is 19.3. The Kier molecular flexibility index (Phi) is 2.32. The fourth-order valence-corrected chi connectivity index (χ4v) is 0.822. The summed E-state index contributed by atoms with van der Waals surface area (Å²) in [5.41, 5.74) is 0.114. The van der Waals surface area contributed by atoms with Crippen LogP contribution in [0.2, 0.25) is 0 Å². The first-order chi connectivity index (χ1) is 5.24. The van der Waals surface area contributed by atoms with Crippen molar-refractivity contribution in [1.82, 2.24) is 0 Å². The van der Waals surface area contributed by atoms with Crippen LogP contribution in [-0.2, 0) is 0 Å². The molecule has 1 heterocycles. The molecule has 1 aliphatic heterocycles. The van der Waals surface area contributed by atoms with E-state index in [2.05, 4.69) is 4.99 Å². The van der Waals surface area contributed by atoms with Crippen molar-refractivity contribution in [3.63, 3.8) is 0 Å². The van der Waals surface area contributed by atoms with Gasteiger partial charge in [0.1, 0.15) is 5.71 Å². The molecule has 0 saturated heterocycles. The number of dihydropyridines is 1. The third-order valence-electron chi connectivity index (χ3n) is 1.36. The second-order valence-electron chi connectivity index (χ2n) is 2.14. The second kappa shape index (κ2) is 3.24. The van der Waals surface area contributed by atoms with Crippen LogP contribution in [0.4, 0.5) is 8.78 Å². The van der Waals surface area contributed by atoms with E-state index in [-0.39, 0.29) is 5.71 Å². The number of nitriles is 1. The quantitative estimate of drug-likeness (QED) is 0.567. The number of halogens is 2. The van der Waals surface area contributed by atoms with E-state index < -0.39 is 6.43 Å². The molecule has 1 aliphatic rings. The highest BCUT2D eigenvalue weighted by Crippen LogP contribution is 2.10. The van der Waals surface area contributed by atoms with E-state index in [1.165, 1.54) is 0 Å². The molecule has 4 heteroatoms. The van der Waals surface area contributed by atoms with Crippen molar-refractivity contribution in [2.45, 2.75) is 12.8 Å². The molecule has 2 nitrogen and oxygen atoms in total. The lowest BCUT2D eigenvalue weighted by molar-refractivity contribution is 0.226. The molecule has 0 spiro atoms. The SMILES string of the molecule is N#CC1=CC(C(F)F)=NCC1. The molecular formula is C7H6F2N2. The number of rotatable bonds is 1. The Labute approximate surface area is 62.9 Å². The summed E-state index contributed by atoms with van der Waals surface area (Å²) in [6.45, 7) is 0.305. The monoisotopic (exact) mass is 156 g/mol. The van der Waals surface area contributed by atoms with Crippen LogP contribution in [0.15, 0.2) is 16.6 Å². The Bertz CT molecular complexity index is 248. The van der Waals surface area contributed by atoms with Crippen LogP contribution in [0.5, 0.6) is 0 Å². The van der Waals surface area contributed by atoms with E-state index in [0.717, 1.165) is 6.08 Å². The molecule has 1 rings (SSSR count). The molecule has 58 valence electrons. The first kappa shape index (κ1) is 7.86. The van der Waals surface area contributed by atoms with Gasteiger partial charge in [0.05, 0.1) is 6.07 Å². The fourth-order valence-electron chi connectivity index (χ4n) is 0.822. The smallest absolute Gasteiger partial charge is 0.279 e. The van der Waals surface area contributed by atoms with E-state index in [1.807, 2.05) is 6.07 Å². The summed E-state index contributed by atoms with van der Waals surface area (Å²) in [6.07, 6.45) is -0.917. The van der Waals surface area contributed by atoms with Crippen LogP contribution in [0, 0.1) is 11.3 Å². The minimum atomic E-state index is -2.56. The van der Waals surface area contributed by atoms with Gasteiger partial charge in [-0.25, -0.2) is 8.78 Å². The van der Waals surface area contributed by atoms with Gasteiger partial charge in [0, 0.05) is 18.5 Å². The van der Waals surface area contributed by atoms with Crippen molar-refractivity contribution in [2.24, 2.45) is 4.99 Å². The van der Waals surface area contributed by atoms with Crippen LogP contribution < -0.4 is 0 Å². The maximum atomic E-state index is 11.9. The van der Waals surface area contributed by atoms with Crippen LogP contribution in [-0.4, -0.2) is 18.7 Å². The molecule has 0 atom stereocenters. The number of alkyl halides is 2. The third kappa shape index (κ3) is 1.84. The van der Waals surface area contributed by atoms with Gasteiger partial charge in [-0.15, -0.1) is 0 Å². The highest BCUT2D eigenvalue weighted by molar-refractivity contribution is 5.99. The Hall–Kier alpha value is -1.24. The predicted molar refractivity (Wildman–Crippen MR) is 36.6 cm³/mol. The number of nitrogens with zero attached hydrogens (tertiary/aromatic N) is 2. The van der Waals surface area contributed by atoms with Crippen molar-refractivity contribution in [1.29, 1.82) is 5.26 Å². The van der Waals surface area contributed by atoms with E-state index in [1.54, 1.807) is 0 Å². The van der Waals surface area contributed by atoms with Gasteiger partial charge in [-0.3, -0.25) is 4.99 Å². The average molecular weight is 156 g/mol. The van der Waals surface area contributed by atoms with Crippen molar-refractivity contribution >= 4 is 5.71 Å². The van der Waals surface area contributed by atoms with Gasteiger partial charge >= 0.3 is 0 Å². The van der Waals surface area contributed by atoms with Gasteiger partial charge in [-0.1, -0.05) is 0 Å². The molecule has 0 radical (unpaired) electrons. The average Bonchev–Trinajstić information content (AvgIpc) is 2.05. The summed E-state index contributed by atoms with van der Waals surface area (Å²) in [4.78, 5) is 3.57. The molecule has 0 N–H and O–H groups in total. The number of allylic oxidation sites excluding steroid dienone is 1. The lowest BCUT2D eigenvalue weighted by atomic mass is 10.1. The Morgan fingerprint density at radius 2 is 2.36 bits per heavy atom. The zero-order valence-corrected chi connectivity index (χ0v) is 5.72. The lowest BCUT2D eigenvalue weighted by Gasteiger charge is -2.06.